The maximum absolute atomic E-state index is 11.1. The standard InChI is InChI=1S/C9H14O2S/c1-6(2)7(3)8(5-12)9(10)11-4/h5,12H,1-4H3/b8-5+. The van der Waals surface area contributed by atoms with Gasteiger partial charge in [-0.3, -0.25) is 0 Å². The van der Waals surface area contributed by atoms with Crippen molar-refractivity contribution in [2.75, 3.05) is 7.11 Å². The van der Waals surface area contributed by atoms with Crippen molar-refractivity contribution in [3.05, 3.63) is 22.1 Å². The summed E-state index contributed by atoms with van der Waals surface area (Å²) >= 11 is 3.95. The van der Waals surface area contributed by atoms with Crippen LogP contribution in [-0.2, 0) is 9.53 Å². The van der Waals surface area contributed by atoms with E-state index in [-0.39, 0.29) is 5.97 Å². The Bertz CT molecular complexity index is 235. The van der Waals surface area contributed by atoms with Gasteiger partial charge in [0.1, 0.15) is 0 Å². The number of carbonyl (C=O) groups excluding carboxylic acids is 1. The Kier molecular flexibility index (Phi) is 4.74. The van der Waals surface area contributed by atoms with E-state index in [0.717, 1.165) is 11.1 Å². The fourth-order valence-electron chi connectivity index (χ4n) is 0.682. The highest BCUT2D eigenvalue weighted by Crippen LogP contribution is 2.15. The zero-order valence-corrected chi connectivity index (χ0v) is 8.74. The molecule has 0 aliphatic carbocycles. The molecule has 0 amide bonds. The van der Waals surface area contributed by atoms with Gasteiger partial charge in [-0.15, -0.1) is 0 Å². The molecule has 68 valence electrons. The summed E-state index contributed by atoms with van der Waals surface area (Å²) in [5, 5.41) is 1.47. The molecular weight excluding hydrogens is 172 g/mol. The molecule has 12 heavy (non-hydrogen) atoms. The molecule has 0 unspecified atom stereocenters. The number of ether oxygens (including phenoxy) is 1. The van der Waals surface area contributed by atoms with E-state index < -0.39 is 0 Å². The number of carbonyl (C=O) groups is 1. The summed E-state index contributed by atoms with van der Waals surface area (Å²) in [4.78, 5) is 11.1. The summed E-state index contributed by atoms with van der Waals surface area (Å²) in [5.41, 5.74) is 2.51. The zero-order chi connectivity index (χ0) is 9.72. The SMILES string of the molecule is COC(=O)/C(=C/S)C(C)=C(C)C. The number of hydrogen-bond acceptors (Lipinski definition) is 3. The topological polar surface area (TPSA) is 26.3 Å². The van der Waals surface area contributed by atoms with Gasteiger partial charge in [0.05, 0.1) is 12.7 Å². The molecule has 0 saturated heterocycles. The first-order valence-corrected chi connectivity index (χ1v) is 4.13. The Morgan fingerprint density at radius 2 is 1.83 bits per heavy atom. The van der Waals surface area contributed by atoms with Crippen LogP contribution in [0.15, 0.2) is 22.1 Å². The number of allylic oxidation sites excluding steroid dienone is 1. The molecule has 3 heteroatoms. The van der Waals surface area contributed by atoms with Gasteiger partial charge in [-0.05, 0) is 31.8 Å². The van der Waals surface area contributed by atoms with Crippen LogP contribution in [0.3, 0.4) is 0 Å². The van der Waals surface area contributed by atoms with Crippen LogP contribution in [0, 0.1) is 0 Å². The lowest BCUT2D eigenvalue weighted by atomic mass is 10.1. The predicted molar refractivity (Wildman–Crippen MR) is 53.1 cm³/mol. The normalized spacial score (nSPS) is 10.9. The van der Waals surface area contributed by atoms with Gasteiger partial charge >= 0.3 is 5.97 Å². The molecule has 0 aromatic rings. The molecule has 0 bridgehead atoms. The van der Waals surface area contributed by atoms with Crippen molar-refractivity contribution < 1.29 is 9.53 Å². The number of rotatable bonds is 2. The summed E-state index contributed by atoms with van der Waals surface area (Å²) in [6, 6.07) is 0. The van der Waals surface area contributed by atoms with Crippen LogP contribution in [0.25, 0.3) is 0 Å². The van der Waals surface area contributed by atoms with Crippen molar-refractivity contribution in [1.29, 1.82) is 0 Å². The fourth-order valence-corrected chi connectivity index (χ4v) is 0.981. The van der Waals surface area contributed by atoms with Crippen molar-refractivity contribution in [3.63, 3.8) is 0 Å². The van der Waals surface area contributed by atoms with Crippen LogP contribution in [-0.4, -0.2) is 13.1 Å². The summed E-state index contributed by atoms with van der Waals surface area (Å²) in [6.07, 6.45) is 0. The monoisotopic (exact) mass is 186 g/mol. The van der Waals surface area contributed by atoms with E-state index in [4.69, 9.17) is 0 Å². The molecule has 0 heterocycles. The molecule has 0 N–H and O–H groups in total. The van der Waals surface area contributed by atoms with Gasteiger partial charge in [-0.25, -0.2) is 4.79 Å². The highest BCUT2D eigenvalue weighted by molar-refractivity contribution is 7.83. The molecule has 0 fully saturated rings. The lowest BCUT2D eigenvalue weighted by Gasteiger charge is -2.06. The van der Waals surface area contributed by atoms with Crippen LogP contribution in [0.1, 0.15) is 20.8 Å². The van der Waals surface area contributed by atoms with Crippen molar-refractivity contribution in [2.24, 2.45) is 0 Å². The van der Waals surface area contributed by atoms with Gasteiger partial charge in [-0.1, -0.05) is 5.57 Å². The van der Waals surface area contributed by atoms with E-state index in [0.29, 0.717) is 5.57 Å². The predicted octanol–water partition coefficient (Wildman–Crippen LogP) is 2.33. The van der Waals surface area contributed by atoms with E-state index >= 15 is 0 Å². The van der Waals surface area contributed by atoms with E-state index in [2.05, 4.69) is 17.4 Å². The van der Waals surface area contributed by atoms with Gasteiger partial charge in [0.15, 0.2) is 0 Å². The number of thiol groups is 1. The minimum Gasteiger partial charge on any atom is -0.465 e. The Balaban J connectivity index is 4.85. The summed E-state index contributed by atoms with van der Waals surface area (Å²) < 4.78 is 4.58. The average Bonchev–Trinajstić information content (AvgIpc) is 2.05. The first-order valence-electron chi connectivity index (χ1n) is 3.61. The molecule has 2 nitrogen and oxygen atoms in total. The second kappa shape index (κ2) is 5.04. The Morgan fingerprint density at radius 1 is 1.33 bits per heavy atom. The lowest BCUT2D eigenvalue weighted by molar-refractivity contribution is -0.135. The summed E-state index contributed by atoms with van der Waals surface area (Å²) in [6.45, 7) is 5.75. The third-order valence-corrected chi connectivity index (χ3v) is 1.95. The smallest absolute Gasteiger partial charge is 0.338 e. The highest BCUT2D eigenvalue weighted by Gasteiger charge is 2.10. The van der Waals surface area contributed by atoms with Crippen LogP contribution >= 0.6 is 12.6 Å². The maximum Gasteiger partial charge on any atom is 0.338 e. The minimum absolute atomic E-state index is 0.344. The molecule has 0 atom stereocenters. The maximum atomic E-state index is 11.1. The van der Waals surface area contributed by atoms with Crippen LogP contribution in [0.2, 0.25) is 0 Å². The molecule has 0 saturated carbocycles. The van der Waals surface area contributed by atoms with E-state index in [1.165, 1.54) is 12.5 Å². The third-order valence-electron chi connectivity index (χ3n) is 1.69. The molecular formula is C9H14O2S. The Morgan fingerprint density at radius 3 is 2.08 bits per heavy atom. The molecule has 0 spiro atoms. The third kappa shape index (κ3) is 2.74. The quantitative estimate of drug-likeness (QED) is 0.310. The van der Waals surface area contributed by atoms with Crippen molar-refractivity contribution in [1.82, 2.24) is 0 Å². The van der Waals surface area contributed by atoms with E-state index in [1.54, 1.807) is 0 Å². The fraction of sp³-hybridized carbons (Fsp3) is 0.444. The Hall–Kier alpha value is -0.700. The number of hydrogen-bond donors (Lipinski definition) is 1. The molecule has 0 aromatic carbocycles. The van der Waals surface area contributed by atoms with E-state index in [1.807, 2.05) is 20.8 Å². The second-order valence-electron chi connectivity index (χ2n) is 2.66. The first-order chi connectivity index (χ1) is 5.54. The van der Waals surface area contributed by atoms with Gasteiger partial charge in [0.25, 0.3) is 0 Å². The molecule has 0 rings (SSSR count). The largest absolute Gasteiger partial charge is 0.465 e. The van der Waals surface area contributed by atoms with Gasteiger partial charge in [0, 0.05) is 0 Å². The lowest BCUT2D eigenvalue weighted by Crippen LogP contribution is -2.06. The minimum atomic E-state index is -0.344. The second-order valence-corrected chi connectivity index (χ2v) is 2.92. The van der Waals surface area contributed by atoms with Crippen molar-refractivity contribution in [3.8, 4) is 0 Å². The zero-order valence-electron chi connectivity index (χ0n) is 7.84. The molecule has 0 aliphatic heterocycles. The van der Waals surface area contributed by atoms with Crippen LogP contribution < -0.4 is 0 Å². The molecule has 0 radical (unpaired) electrons. The van der Waals surface area contributed by atoms with Gasteiger partial charge in [0.2, 0.25) is 0 Å². The van der Waals surface area contributed by atoms with Crippen molar-refractivity contribution >= 4 is 18.6 Å². The van der Waals surface area contributed by atoms with Crippen molar-refractivity contribution in [2.45, 2.75) is 20.8 Å². The summed E-state index contributed by atoms with van der Waals surface area (Å²) in [7, 11) is 1.36. The first kappa shape index (κ1) is 11.3. The summed E-state index contributed by atoms with van der Waals surface area (Å²) in [5.74, 6) is -0.344. The van der Waals surface area contributed by atoms with Crippen LogP contribution in [0.4, 0.5) is 0 Å². The highest BCUT2D eigenvalue weighted by atomic mass is 32.1. The number of esters is 1. The van der Waals surface area contributed by atoms with Crippen LogP contribution in [0.5, 0.6) is 0 Å². The average molecular weight is 186 g/mol. The molecule has 0 aliphatic rings. The number of methoxy groups -OCH3 is 1. The van der Waals surface area contributed by atoms with Gasteiger partial charge < -0.3 is 4.74 Å². The Labute approximate surface area is 78.7 Å². The molecule has 0 aromatic heterocycles. The van der Waals surface area contributed by atoms with E-state index in [9.17, 15) is 4.79 Å². The van der Waals surface area contributed by atoms with Gasteiger partial charge in [-0.2, -0.15) is 12.6 Å².